The van der Waals surface area contributed by atoms with Crippen LogP contribution >= 0.6 is 11.3 Å². The second-order valence-electron chi connectivity index (χ2n) is 9.31. The van der Waals surface area contributed by atoms with Crippen LogP contribution in [0, 0.1) is 6.92 Å². The maximum atomic E-state index is 15.3. The van der Waals surface area contributed by atoms with Crippen LogP contribution in [-0.2, 0) is 0 Å². The number of hydrogen-bond donors (Lipinski definition) is 1. The molecule has 2 aromatic heterocycles. The average molecular weight is 518 g/mol. The van der Waals surface area contributed by atoms with E-state index in [1.165, 1.54) is 4.90 Å². The average Bonchev–Trinajstić information content (AvgIpc) is 3.42. The lowest BCUT2D eigenvalue weighted by Crippen LogP contribution is -2.53. The second kappa shape index (κ2) is 8.82. The zero-order chi connectivity index (χ0) is 25.8. The van der Waals surface area contributed by atoms with Gasteiger partial charge in [-0.05, 0) is 55.9 Å². The number of alkyl halides is 1. The summed E-state index contributed by atoms with van der Waals surface area (Å²) in [6.07, 6.45) is 0.315. The molecule has 2 aliphatic heterocycles. The molecule has 1 saturated heterocycles. The summed E-state index contributed by atoms with van der Waals surface area (Å²) in [6.45, 7) is 2.41. The first-order valence-electron chi connectivity index (χ1n) is 11.8. The molecule has 0 spiro atoms. The summed E-state index contributed by atoms with van der Waals surface area (Å²) in [5, 5.41) is 0.617. The Bertz CT molecular complexity index is 1540. The Morgan fingerprint density at radius 3 is 2.57 bits per heavy atom. The van der Waals surface area contributed by atoms with Gasteiger partial charge in [-0.3, -0.25) is 14.6 Å². The fraction of sp³-hybridized carbons (Fsp3) is 0.222. The van der Waals surface area contributed by atoms with Crippen molar-refractivity contribution in [3.05, 3.63) is 71.2 Å². The summed E-state index contributed by atoms with van der Waals surface area (Å²) >= 11 is 1.12. The predicted molar refractivity (Wildman–Crippen MR) is 142 cm³/mol. The molecule has 0 bridgehead atoms. The highest BCUT2D eigenvalue weighted by Crippen LogP contribution is 2.50. The number of benzene rings is 2. The molecule has 0 aliphatic carbocycles. The van der Waals surface area contributed by atoms with Crippen molar-refractivity contribution >= 4 is 50.6 Å². The molecule has 4 heterocycles. The van der Waals surface area contributed by atoms with E-state index in [0.29, 0.717) is 45.3 Å². The van der Waals surface area contributed by atoms with Crippen molar-refractivity contribution in [1.29, 1.82) is 0 Å². The van der Waals surface area contributed by atoms with E-state index in [0.717, 1.165) is 16.9 Å². The van der Waals surface area contributed by atoms with Crippen molar-refractivity contribution < 1.29 is 18.7 Å². The number of likely N-dealkylation sites (N-methyl/N-ethyl adjacent to an activating group) is 1. The van der Waals surface area contributed by atoms with Crippen LogP contribution in [0.25, 0.3) is 10.2 Å². The van der Waals surface area contributed by atoms with Crippen molar-refractivity contribution in [3.8, 4) is 11.5 Å². The van der Waals surface area contributed by atoms with Crippen molar-refractivity contribution in [2.24, 2.45) is 5.73 Å². The number of aromatic nitrogens is 1. The first-order chi connectivity index (χ1) is 17.8. The topological polar surface area (TPSA) is 92.0 Å². The number of nitrogens with zero attached hydrogens (tertiary/aromatic N) is 4. The molecule has 4 aromatic rings. The minimum atomic E-state index is -1.28. The van der Waals surface area contributed by atoms with E-state index in [4.69, 9.17) is 10.5 Å². The molecule has 0 saturated carbocycles. The van der Waals surface area contributed by atoms with Gasteiger partial charge in [0.2, 0.25) is 0 Å². The minimum Gasteiger partial charge on any atom is -0.457 e. The summed E-state index contributed by atoms with van der Waals surface area (Å²) in [7, 11) is 1.81. The Morgan fingerprint density at radius 2 is 1.89 bits per heavy atom. The standard InChI is InChI=1S/C27H24FN5O3S/c1-15-12-17(36-16-6-4-3-5-7-16)8-9-19(15)32-20-10-11-30-26-22(20)23(24(37-26)25(29)34)33(27(32)35)21-14-31(2)13-18(21)28/h3-12,18,21H,13-14H2,1-2H3,(H2,29,34)/t18-,21-/m0/s1. The molecule has 2 atom stereocenters. The molecule has 2 aliphatic rings. The third kappa shape index (κ3) is 3.80. The maximum Gasteiger partial charge on any atom is 0.334 e. The normalized spacial score (nSPS) is 19.6. The molecule has 6 rings (SSSR count). The van der Waals surface area contributed by atoms with E-state index in [9.17, 15) is 9.59 Å². The summed E-state index contributed by atoms with van der Waals surface area (Å²) < 4.78 is 21.2. The SMILES string of the molecule is Cc1cc(Oc2ccccc2)ccc1N1C(=O)N([C@H]2CN(C)C[C@@H]2F)c2c(C(N)=O)sc3nccc1c23. The van der Waals surface area contributed by atoms with Crippen LogP contribution in [0.15, 0.2) is 60.8 Å². The van der Waals surface area contributed by atoms with Gasteiger partial charge in [-0.25, -0.2) is 14.2 Å². The highest BCUT2D eigenvalue weighted by atomic mass is 32.1. The van der Waals surface area contributed by atoms with Crippen molar-refractivity contribution in [1.82, 2.24) is 9.88 Å². The fourth-order valence-electron chi connectivity index (χ4n) is 5.16. The monoisotopic (exact) mass is 517 g/mol. The molecule has 3 amide bonds. The maximum absolute atomic E-state index is 15.3. The van der Waals surface area contributed by atoms with Crippen LogP contribution in [0.1, 0.15) is 15.2 Å². The molecular formula is C27H24FN5O3S. The number of carbonyl (C=O) groups excluding carboxylic acids is 2. The lowest BCUT2D eigenvalue weighted by atomic mass is 10.0. The largest absolute Gasteiger partial charge is 0.457 e. The van der Waals surface area contributed by atoms with E-state index in [1.54, 1.807) is 23.2 Å². The van der Waals surface area contributed by atoms with Crippen molar-refractivity contribution in [2.75, 3.05) is 29.9 Å². The Labute approximate surface area is 216 Å². The van der Waals surface area contributed by atoms with Crippen LogP contribution < -0.4 is 20.3 Å². The van der Waals surface area contributed by atoms with Crippen molar-refractivity contribution in [2.45, 2.75) is 19.1 Å². The van der Waals surface area contributed by atoms with Gasteiger partial charge in [0.15, 0.2) is 0 Å². The number of primary amides is 1. The molecule has 2 N–H and O–H groups in total. The van der Waals surface area contributed by atoms with Crippen LogP contribution in [-0.4, -0.2) is 54.2 Å². The Kier molecular flexibility index (Phi) is 5.58. The number of hydrogen-bond acceptors (Lipinski definition) is 6. The molecular weight excluding hydrogens is 493 g/mol. The van der Waals surface area contributed by atoms with Gasteiger partial charge >= 0.3 is 6.03 Å². The van der Waals surface area contributed by atoms with Gasteiger partial charge in [-0.2, -0.15) is 0 Å². The summed E-state index contributed by atoms with van der Waals surface area (Å²) in [5.41, 5.74) is 8.06. The highest BCUT2D eigenvalue weighted by Gasteiger charge is 2.46. The molecule has 10 heteroatoms. The van der Waals surface area contributed by atoms with Crippen molar-refractivity contribution in [3.63, 3.8) is 0 Å². The van der Waals surface area contributed by atoms with Gasteiger partial charge in [0.25, 0.3) is 5.91 Å². The first kappa shape index (κ1) is 23.4. The molecule has 37 heavy (non-hydrogen) atoms. The van der Waals surface area contributed by atoms with E-state index < -0.39 is 24.2 Å². The Balaban J connectivity index is 1.51. The van der Waals surface area contributed by atoms with Gasteiger partial charge < -0.3 is 15.4 Å². The number of rotatable bonds is 5. The molecule has 2 aromatic carbocycles. The first-order valence-corrected chi connectivity index (χ1v) is 12.7. The van der Waals surface area contributed by atoms with Gasteiger partial charge in [0, 0.05) is 19.3 Å². The zero-order valence-corrected chi connectivity index (χ0v) is 21.0. The van der Waals surface area contributed by atoms with E-state index in [1.807, 2.05) is 61.3 Å². The van der Waals surface area contributed by atoms with E-state index in [-0.39, 0.29) is 11.4 Å². The van der Waals surface area contributed by atoms with Gasteiger partial charge in [0.05, 0.1) is 28.5 Å². The molecule has 1 fully saturated rings. The van der Waals surface area contributed by atoms with Crippen LogP contribution in [0.5, 0.6) is 11.5 Å². The second-order valence-corrected chi connectivity index (χ2v) is 10.3. The molecule has 0 unspecified atom stereocenters. The highest BCUT2D eigenvalue weighted by molar-refractivity contribution is 7.21. The van der Waals surface area contributed by atoms with Gasteiger partial charge in [0.1, 0.15) is 27.4 Å². The number of pyridine rings is 1. The number of carbonyl (C=O) groups is 2. The number of urea groups is 1. The number of thiophene rings is 1. The van der Waals surface area contributed by atoms with Gasteiger partial charge in [-0.1, -0.05) is 18.2 Å². The number of likely N-dealkylation sites (tertiary alicyclic amines) is 1. The lowest BCUT2D eigenvalue weighted by molar-refractivity contribution is 0.100. The molecule has 8 nitrogen and oxygen atoms in total. The Morgan fingerprint density at radius 1 is 1.11 bits per heavy atom. The number of amides is 3. The van der Waals surface area contributed by atoms with E-state index >= 15 is 4.39 Å². The number of ether oxygens (including phenoxy) is 1. The predicted octanol–water partition coefficient (Wildman–Crippen LogP) is 5.23. The summed E-state index contributed by atoms with van der Waals surface area (Å²) in [4.78, 5) is 36.7. The molecule has 0 radical (unpaired) electrons. The zero-order valence-electron chi connectivity index (χ0n) is 20.2. The van der Waals surface area contributed by atoms with Crippen LogP contribution in [0.3, 0.4) is 0 Å². The Hall–Kier alpha value is -4.02. The number of halogens is 1. The van der Waals surface area contributed by atoms with Gasteiger partial charge in [-0.15, -0.1) is 11.3 Å². The fourth-order valence-corrected chi connectivity index (χ4v) is 6.17. The quantitative estimate of drug-likeness (QED) is 0.392. The third-order valence-corrected chi connectivity index (χ3v) is 7.87. The number of para-hydroxylation sites is 1. The number of anilines is 3. The van der Waals surface area contributed by atoms with Crippen LogP contribution in [0.2, 0.25) is 0 Å². The summed E-state index contributed by atoms with van der Waals surface area (Å²) in [6, 6.07) is 15.4. The van der Waals surface area contributed by atoms with Crippen LogP contribution in [0.4, 0.5) is 26.2 Å². The smallest absolute Gasteiger partial charge is 0.334 e. The van der Waals surface area contributed by atoms with E-state index in [2.05, 4.69) is 4.98 Å². The lowest BCUT2D eigenvalue weighted by Gasteiger charge is -2.39. The molecule has 188 valence electrons. The minimum absolute atomic E-state index is 0.193. The summed E-state index contributed by atoms with van der Waals surface area (Å²) in [5.74, 6) is 0.657. The number of aryl methyl sites for hydroxylation is 1. The third-order valence-electron chi connectivity index (χ3n) is 6.77. The number of nitrogens with two attached hydrogens (primary N) is 1.